The Kier molecular flexibility index (Phi) is 7.19. The molecule has 1 aromatic carbocycles. The molecule has 9 nitrogen and oxygen atoms in total. The van der Waals surface area contributed by atoms with Gasteiger partial charge in [0.25, 0.3) is 0 Å². The van der Waals surface area contributed by atoms with Crippen molar-refractivity contribution < 1.29 is 18.8 Å². The van der Waals surface area contributed by atoms with Crippen LogP contribution in [0.2, 0.25) is 0 Å². The van der Waals surface area contributed by atoms with Gasteiger partial charge in [0.15, 0.2) is 5.78 Å². The number of nitrogens with zero attached hydrogens (tertiary/aromatic N) is 5. The van der Waals surface area contributed by atoms with Crippen LogP contribution in [-0.2, 0) is 16.1 Å². The Morgan fingerprint density at radius 3 is 2.53 bits per heavy atom. The van der Waals surface area contributed by atoms with Crippen molar-refractivity contribution in [3.63, 3.8) is 0 Å². The number of anilines is 1. The maximum Gasteiger partial charge on any atom is 0.248 e. The minimum Gasteiger partial charge on any atom is -0.337 e. The first-order valence-electron chi connectivity index (χ1n) is 14.2. The Labute approximate surface area is 257 Å². The number of halogens is 2. The van der Waals surface area contributed by atoms with Crippen molar-refractivity contribution in [1.29, 1.82) is 0 Å². The van der Waals surface area contributed by atoms with Crippen LogP contribution in [0.5, 0.6) is 0 Å². The van der Waals surface area contributed by atoms with E-state index in [1.54, 1.807) is 30.4 Å². The smallest absolute Gasteiger partial charge is 0.248 e. The monoisotopic (exact) mass is 646 g/mol. The van der Waals surface area contributed by atoms with Gasteiger partial charge < -0.3 is 14.8 Å². The van der Waals surface area contributed by atoms with Gasteiger partial charge in [-0.15, -0.1) is 0 Å². The Hall–Kier alpha value is -3.99. The van der Waals surface area contributed by atoms with E-state index in [1.165, 1.54) is 13.0 Å². The number of carbonyl (C=O) groups is 3. The first-order valence-corrected chi connectivity index (χ1v) is 15.0. The van der Waals surface area contributed by atoms with E-state index in [4.69, 9.17) is 0 Å². The fourth-order valence-electron chi connectivity index (χ4n) is 6.38. The SMILES string of the molecule is CC(=O)c1cn(CC(=O)N2[C@H](C(=O)Nc3nc(Br)cc(F)c3C)CC[C@@]3(C)C[C@@H]23)c2c(C)cc(-c3cnc(C)nc3)cc12. The standard InChI is InChI=1S/C32H32BrFN6O3/c1-16-8-20(21-12-35-19(4)36-13-21)9-22-23(18(3)41)14-39(29(16)22)15-28(42)40-25(6-7-32(5)11-26(32)40)31(43)38-30-17(2)24(34)10-27(33)37-30/h8-10,12-14,25-26H,6-7,11,15H2,1-5H3,(H,37,38,43)/t25-,26+,32-/m0/s1. The fraction of sp³-hybridized carbons (Fsp3) is 0.375. The summed E-state index contributed by atoms with van der Waals surface area (Å²) in [6, 6.07) is 4.40. The topological polar surface area (TPSA) is 110 Å². The van der Waals surface area contributed by atoms with Crippen LogP contribution in [0.15, 0.2) is 41.4 Å². The van der Waals surface area contributed by atoms with Crippen LogP contribution in [-0.4, -0.2) is 54.1 Å². The highest BCUT2D eigenvalue weighted by Gasteiger charge is 2.60. The molecule has 6 rings (SSSR count). The van der Waals surface area contributed by atoms with Crippen LogP contribution < -0.4 is 5.32 Å². The molecule has 43 heavy (non-hydrogen) atoms. The molecule has 11 heteroatoms. The van der Waals surface area contributed by atoms with Gasteiger partial charge in [0.05, 0.1) is 5.52 Å². The molecule has 1 aliphatic carbocycles. The molecule has 4 aromatic rings. The van der Waals surface area contributed by atoms with Gasteiger partial charge in [-0.05, 0) is 91.6 Å². The number of Topliss-reactive ketones (excluding diaryl/α,β-unsaturated/α-hetero) is 1. The molecule has 1 aliphatic heterocycles. The van der Waals surface area contributed by atoms with Crippen molar-refractivity contribution in [3.8, 4) is 11.1 Å². The second-order valence-corrected chi connectivity index (χ2v) is 12.9. The van der Waals surface area contributed by atoms with Gasteiger partial charge >= 0.3 is 0 Å². The lowest BCUT2D eigenvalue weighted by molar-refractivity contribution is -0.142. The summed E-state index contributed by atoms with van der Waals surface area (Å²) in [6.45, 7) is 8.95. The summed E-state index contributed by atoms with van der Waals surface area (Å²) in [5, 5.41) is 3.52. The Bertz CT molecular complexity index is 1820. The van der Waals surface area contributed by atoms with E-state index in [0.29, 0.717) is 17.8 Å². The summed E-state index contributed by atoms with van der Waals surface area (Å²) in [4.78, 5) is 55.0. The predicted octanol–water partition coefficient (Wildman–Crippen LogP) is 5.93. The van der Waals surface area contributed by atoms with Crippen LogP contribution in [0.1, 0.15) is 60.4 Å². The fourth-order valence-corrected chi connectivity index (χ4v) is 6.76. The third-order valence-electron chi connectivity index (χ3n) is 8.94. The lowest BCUT2D eigenvalue weighted by Crippen LogP contribution is -2.53. The number of aromatic nitrogens is 4. The number of likely N-dealkylation sites (tertiary alicyclic amines) is 1. The summed E-state index contributed by atoms with van der Waals surface area (Å²) in [7, 11) is 0. The molecule has 222 valence electrons. The third kappa shape index (κ3) is 5.24. The van der Waals surface area contributed by atoms with Gasteiger partial charge in [0.1, 0.15) is 34.6 Å². The number of amides is 2. The summed E-state index contributed by atoms with van der Waals surface area (Å²) in [5.41, 5.74) is 4.11. The Morgan fingerprint density at radius 2 is 1.84 bits per heavy atom. The van der Waals surface area contributed by atoms with Crippen LogP contribution in [0.4, 0.5) is 10.2 Å². The van der Waals surface area contributed by atoms with Gasteiger partial charge in [-0.25, -0.2) is 19.3 Å². The van der Waals surface area contributed by atoms with E-state index in [2.05, 4.69) is 43.1 Å². The molecule has 2 amide bonds. The number of fused-ring (bicyclic) bond motifs is 2. The van der Waals surface area contributed by atoms with Crippen molar-refractivity contribution in [2.45, 2.75) is 72.5 Å². The number of nitrogens with one attached hydrogen (secondary N) is 1. The maximum absolute atomic E-state index is 14.3. The van der Waals surface area contributed by atoms with Crippen molar-refractivity contribution in [1.82, 2.24) is 24.4 Å². The van der Waals surface area contributed by atoms with Gasteiger partial charge in [-0.2, -0.15) is 0 Å². The molecule has 0 radical (unpaired) electrons. The average Bonchev–Trinajstić information content (AvgIpc) is 3.50. The number of rotatable bonds is 6. The molecule has 1 saturated heterocycles. The van der Waals surface area contributed by atoms with E-state index in [9.17, 15) is 18.8 Å². The second kappa shape index (κ2) is 10.6. The number of pyridine rings is 1. The molecular weight excluding hydrogens is 615 g/mol. The highest BCUT2D eigenvalue weighted by molar-refractivity contribution is 9.10. The number of hydrogen-bond acceptors (Lipinski definition) is 6. The Balaban J connectivity index is 1.33. The van der Waals surface area contributed by atoms with Gasteiger partial charge in [0.2, 0.25) is 11.8 Å². The number of ketones is 1. The normalized spacial score (nSPS) is 21.0. The van der Waals surface area contributed by atoms with Crippen molar-refractivity contribution >= 4 is 50.2 Å². The van der Waals surface area contributed by atoms with E-state index >= 15 is 0 Å². The van der Waals surface area contributed by atoms with Crippen LogP contribution in [0, 0.1) is 32.0 Å². The molecule has 1 N–H and O–H groups in total. The maximum atomic E-state index is 14.3. The van der Waals surface area contributed by atoms with E-state index < -0.39 is 17.8 Å². The zero-order chi connectivity index (χ0) is 30.8. The first kappa shape index (κ1) is 29.1. The van der Waals surface area contributed by atoms with Crippen LogP contribution >= 0.6 is 15.9 Å². The second-order valence-electron chi connectivity index (χ2n) is 12.1. The predicted molar refractivity (Wildman–Crippen MR) is 164 cm³/mol. The zero-order valence-electron chi connectivity index (χ0n) is 24.7. The van der Waals surface area contributed by atoms with E-state index in [1.807, 2.05) is 30.5 Å². The molecule has 1 saturated carbocycles. The Morgan fingerprint density at radius 1 is 1.12 bits per heavy atom. The number of hydrogen-bond donors (Lipinski definition) is 1. The zero-order valence-corrected chi connectivity index (χ0v) is 26.2. The van der Waals surface area contributed by atoms with Crippen LogP contribution in [0.25, 0.3) is 22.0 Å². The van der Waals surface area contributed by atoms with Gasteiger partial charge in [-0.3, -0.25) is 14.4 Å². The molecule has 0 unspecified atom stereocenters. The van der Waals surface area contributed by atoms with Crippen molar-refractivity contribution in [2.24, 2.45) is 5.41 Å². The first-order chi connectivity index (χ1) is 20.4. The van der Waals surface area contributed by atoms with E-state index in [-0.39, 0.29) is 45.7 Å². The van der Waals surface area contributed by atoms with Gasteiger partial charge in [-0.1, -0.05) is 6.92 Å². The van der Waals surface area contributed by atoms with E-state index in [0.717, 1.165) is 40.4 Å². The summed E-state index contributed by atoms with van der Waals surface area (Å²) >= 11 is 3.19. The molecule has 2 fully saturated rings. The lowest BCUT2D eigenvalue weighted by atomic mass is 9.92. The molecule has 4 heterocycles. The minimum absolute atomic E-state index is 0.0310. The lowest BCUT2D eigenvalue weighted by Gasteiger charge is -2.37. The van der Waals surface area contributed by atoms with Crippen LogP contribution in [0.3, 0.4) is 0 Å². The quantitative estimate of drug-likeness (QED) is 0.205. The number of benzene rings is 1. The molecule has 3 atom stereocenters. The largest absolute Gasteiger partial charge is 0.337 e. The minimum atomic E-state index is -0.723. The highest BCUT2D eigenvalue weighted by Crippen LogP contribution is 2.57. The average molecular weight is 648 g/mol. The molecule has 3 aromatic heterocycles. The summed E-state index contributed by atoms with van der Waals surface area (Å²) < 4.78 is 16.4. The number of aryl methyl sites for hydroxylation is 2. The summed E-state index contributed by atoms with van der Waals surface area (Å²) in [5.74, 6) is -0.400. The van der Waals surface area contributed by atoms with Crippen molar-refractivity contribution in [3.05, 3.63) is 69.7 Å². The molecule has 2 aliphatic rings. The number of piperidine rings is 1. The molecule has 0 spiro atoms. The third-order valence-corrected chi connectivity index (χ3v) is 9.34. The van der Waals surface area contributed by atoms with Crippen molar-refractivity contribution in [2.75, 3.05) is 5.32 Å². The van der Waals surface area contributed by atoms with Gasteiger partial charge in [0, 0.05) is 52.8 Å². The number of carbonyl (C=O) groups excluding carboxylic acids is 3. The summed E-state index contributed by atoms with van der Waals surface area (Å²) in [6.07, 6.45) is 7.36. The molecule has 0 bridgehead atoms. The molecular formula is C32H32BrFN6O3. The highest BCUT2D eigenvalue weighted by atomic mass is 79.9.